The lowest BCUT2D eigenvalue weighted by atomic mass is 9.99. The molecule has 0 saturated heterocycles. The van der Waals surface area contributed by atoms with Crippen LogP contribution < -0.4 is 5.73 Å². The Morgan fingerprint density at radius 3 is 2.61 bits per heavy atom. The van der Waals surface area contributed by atoms with Crippen LogP contribution in [0.25, 0.3) is 0 Å². The summed E-state index contributed by atoms with van der Waals surface area (Å²) in [5, 5.41) is 0. The van der Waals surface area contributed by atoms with Gasteiger partial charge in [-0.25, -0.2) is 0 Å². The van der Waals surface area contributed by atoms with Crippen molar-refractivity contribution in [3.05, 3.63) is 34.9 Å². The predicted molar refractivity (Wildman–Crippen MR) is 77.7 cm³/mol. The molecule has 0 spiro atoms. The van der Waals surface area contributed by atoms with Crippen molar-refractivity contribution in [2.45, 2.75) is 51.6 Å². The third-order valence-corrected chi connectivity index (χ3v) is 4.27. The molecule has 2 heteroatoms. The fraction of sp³-hybridized carbons (Fsp3) is 0.625. The highest BCUT2D eigenvalue weighted by molar-refractivity contribution is 5.33. The fourth-order valence-electron chi connectivity index (χ4n) is 3.06. The summed E-state index contributed by atoms with van der Waals surface area (Å²) in [6, 6.07) is 7.46. The molecular weight excluding hydrogens is 220 g/mol. The fourth-order valence-corrected chi connectivity index (χ4v) is 3.06. The van der Waals surface area contributed by atoms with Crippen molar-refractivity contribution in [2.24, 2.45) is 5.73 Å². The summed E-state index contributed by atoms with van der Waals surface area (Å²) in [6.45, 7) is 5.26. The van der Waals surface area contributed by atoms with E-state index in [0.717, 1.165) is 12.6 Å². The number of likely N-dealkylation sites (N-methyl/N-ethyl adjacent to an activating group) is 1. The van der Waals surface area contributed by atoms with Crippen LogP contribution >= 0.6 is 0 Å². The van der Waals surface area contributed by atoms with Crippen LogP contribution in [0.2, 0.25) is 0 Å². The van der Waals surface area contributed by atoms with Gasteiger partial charge < -0.3 is 10.6 Å². The number of benzene rings is 1. The molecule has 1 saturated carbocycles. The minimum atomic E-state index is 0.135. The molecular formula is C16H26N2. The average molecular weight is 246 g/mol. The summed E-state index contributed by atoms with van der Waals surface area (Å²) in [5.74, 6) is 0. The molecule has 100 valence electrons. The smallest absolute Gasteiger partial charge is 0.0426 e. The van der Waals surface area contributed by atoms with Crippen molar-refractivity contribution in [1.82, 2.24) is 4.90 Å². The molecule has 1 unspecified atom stereocenters. The monoisotopic (exact) mass is 246 g/mol. The lowest BCUT2D eigenvalue weighted by molar-refractivity contribution is 0.231. The zero-order valence-electron chi connectivity index (χ0n) is 11.9. The van der Waals surface area contributed by atoms with Crippen LogP contribution in [0.1, 0.15) is 48.4 Å². The van der Waals surface area contributed by atoms with Gasteiger partial charge in [0.25, 0.3) is 0 Å². The summed E-state index contributed by atoms with van der Waals surface area (Å²) in [4.78, 5) is 2.46. The van der Waals surface area contributed by atoms with Gasteiger partial charge in [-0.1, -0.05) is 36.6 Å². The quantitative estimate of drug-likeness (QED) is 0.884. The van der Waals surface area contributed by atoms with E-state index in [-0.39, 0.29) is 6.04 Å². The SMILES string of the molecule is Cc1ccc(C)c(C(N)CN(C)C2CCCC2)c1. The van der Waals surface area contributed by atoms with Gasteiger partial charge in [0.05, 0.1) is 0 Å². The standard InChI is InChI=1S/C16H26N2/c1-12-8-9-13(2)15(10-12)16(17)11-18(3)14-6-4-5-7-14/h8-10,14,16H,4-7,11,17H2,1-3H3. The number of rotatable bonds is 4. The topological polar surface area (TPSA) is 29.3 Å². The molecule has 0 radical (unpaired) electrons. The molecule has 0 aliphatic heterocycles. The predicted octanol–water partition coefficient (Wildman–Crippen LogP) is 3.18. The minimum absolute atomic E-state index is 0.135. The van der Waals surface area contributed by atoms with E-state index in [9.17, 15) is 0 Å². The number of aryl methyl sites for hydroxylation is 2. The molecule has 2 N–H and O–H groups in total. The van der Waals surface area contributed by atoms with Crippen molar-refractivity contribution in [3.8, 4) is 0 Å². The lowest BCUT2D eigenvalue weighted by Gasteiger charge is -2.28. The summed E-state index contributed by atoms with van der Waals surface area (Å²) < 4.78 is 0. The third kappa shape index (κ3) is 3.12. The van der Waals surface area contributed by atoms with Crippen molar-refractivity contribution in [3.63, 3.8) is 0 Å². The minimum Gasteiger partial charge on any atom is -0.323 e. The average Bonchev–Trinajstić information content (AvgIpc) is 2.85. The Bertz CT molecular complexity index is 394. The van der Waals surface area contributed by atoms with Crippen LogP contribution in [0.15, 0.2) is 18.2 Å². The molecule has 2 rings (SSSR count). The van der Waals surface area contributed by atoms with Crippen LogP contribution in [0, 0.1) is 13.8 Å². The Kier molecular flexibility index (Phi) is 4.41. The first kappa shape index (κ1) is 13.6. The van der Waals surface area contributed by atoms with E-state index >= 15 is 0 Å². The van der Waals surface area contributed by atoms with Gasteiger partial charge in [0, 0.05) is 18.6 Å². The molecule has 2 nitrogen and oxygen atoms in total. The first-order valence-electron chi connectivity index (χ1n) is 7.11. The van der Waals surface area contributed by atoms with Gasteiger partial charge >= 0.3 is 0 Å². The van der Waals surface area contributed by atoms with Gasteiger partial charge in [-0.05, 0) is 44.9 Å². The van der Waals surface area contributed by atoms with E-state index in [1.54, 1.807) is 0 Å². The highest BCUT2D eigenvalue weighted by Crippen LogP contribution is 2.25. The van der Waals surface area contributed by atoms with E-state index in [4.69, 9.17) is 5.73 Å². The van der Waals surface area contributed by atoms with Gasteiger partial charge in [0.2, 0.25) is 0 Å². The second kappa shape index (κ2) is 5.85. The Morgan fingerprint density at radius 1 is 1.28 bits per heavy atom. The van der Waals surface area contributed by atoms with E-state index < -0.39 is 0 Å². The van der Waals surface area contributed by atoms with Gasteiger partial charge in [-0.15, -0.1) is 0 Å². The Labute approximate surface area is 111 Å². The lowest BCUT2D eigenvalue weighted by Crippen LogP contribution is -2.35. The molecule has 1 atom stereocenters. The maximum Gasteiger partial charge on any atom is 0.0426 e. The second-order valence-corrected chi connectivity index (χ2v) is 5.84. The van der Waals surface area contributed by atoms with Crippen molar-refractivity contribution < 1.29 is 0 Å². The van der Waals surface area contributed by atoms with Crippen molar-refractivity contribution >= 4 is 0 Å². The first-order valence-corrected chi connectivity index (χ1v) is 7.11. The van der Waals surface area contributed by atoms with Crippen molar-refractivity contribution in [2.75, 3.05) is 13.6 Å². The van der Waals surface area contributed by atoms with Gasteiger partial charge in [-0.2, -0.15) is 0 Å². The Hall–Kier alpha value is -0.860. The Morgan fingerprint density at radius 2 is 1.94 bits per heavy atom. The summed E-state index contributed by atoms with van der Waals surface area (Å²) >= 11 is 0. The molecule has 0 heterocycles. The summed E-state index contributed by atoms with van der Waals surface area (Å²) in [5.41, 5.74) is 10.3. The molecule has 0 bridgehead atoms. The van der Waals surface area contributed by atoms with E-state index in [1.807, 2.05) is 0 Å². The molecule has 1 aliphatic rings. The van der Waals surface area contributed by atoms with Gasteiger partial charge in [0.15, 0.2) is 0 Å². The first-order chi connectivity index (χ1) is 8.58. The highest BCUT2D eigenvalue weighted by Gasteiger charge is 2.21. The maximum atomic E-state index is 6.39. The third-order valence-electron chi connectivity index (χ3n) is 4.27. The molecule has 18 heavy (non-hydrogen) atoms. The van der Waals surface area contributed by atoms with E-state index in [2.05, 4.69) is 44.0 Å². The zero-order valence-corrected chi connectivity index (χ0v) is 11.9. The highest BCUT2D eigenvalue weighted by atomic mass is 15.1. The van der Waals surface area contributed by atoms with Crippen LogP contribution in [0.4, 0.5) is 0 Å². The normalized spacial score (nSPS) is 18.5. The number of hydrogen-bond donors (Lipinski definition) is 1. The van der Waals surface area contributed by atoms with E-state index in [0.29, 0.717) is 0 Å². The summed E-state index contributed by atoms with van der Waals surface area (Å²) in [7, 11) is 2.22. The molecule has 1 aromatic rings. The molecule has 1 fully saturated rings. The molecule has 1 aliphatic carbocycles. The van der Waals surface area contributed by atoms with Crippen LogP contribution in [-0.2, 0) is 0 Å². The number of hydrogen-bond acceptors (Lipinski definition) is 2. The van der Waals surface area contributed by atoms with Gasteiger partial charge in [-0.3, -0.25) is 0 Å². The molecule has 0 amide bonds. The van der Waals surface area contributed by atoms with Crippen LogP contribution in [-0.4, -0.2) is 24.5 Å². The largest absolute Gasteiger partial charge is 0.323 e. The molecule has 1 aromatic carbocycles. The number of nitrogens with zero attached hydrogens (tertiary/aromatic N) is 1. The second-order valence-electron chi connectivity index (χ2n) is 5.84. The van der Waals surface area contributed by atoms with Crippen LogP contribution in [0.5, 0.6) is 0 Å². The van der Waals surface area contributed by atoms with Crippen LogP contribution in [0.3, 0.4) is 0 Å². The number of nitrogens with two attached hydrogens (primary N) is 1. The zero-order chi connectivity index (χ0) is 13.1. The summed E-state index contributed by atoms with van der Waals surface area (Å²) in [6.07, 6.45) is 5.45. The van der Waals surface area contributed by atoms with Gasteiger partial charge in [0.1, 0.15) is 0 Å². The maximum absolute atomic E-state index is 6.39. The van der Waals surface area contributed by atoms with E-state index in [1.165, 1.54) is 42.4 Å². The Balaban J connectivity index is 2.02. The van der Waals surface area contributed by atoms with Crippen molar-refractivity contribution in [1.29, 1.82) is 0 Å². The molecule has 0 aromatic heterocycles.